The van der Waals surface area contributed by atoms with Gasteiger partial charge in [-0.1, -0.05) is 61.1 Å². The molecule has 3 fully saturated rings. The molecule has 11 rings (SSSR count). The van der Waals surface area contributed by atoms with E-state index in [2.05, 4.69) is 77.8 Å². The van der Waals surface area contributed by atoms with Gasteiger partial charge < -0.3 is 39.2 Å². The molecule has 23 heteroatoms. The van der Waals surface area contributed by atoms with E-state index in [-0.39, 0.29) is 53.2 Å². The van der Waals surface area contributed by atoms with Gasteiger partial charge in [0.1, 0.15) is 35.5 Å². The highest BCUT2D eigenvalue weighted by Gasteiger charge is 2.39. The number of nitrogens with zero attached hydrogens (tertiary/aromatic N) is 6. The summed E-state index contributed by atoms with van der Waals surface area (Å²) in [4.78, 5) is 78.6. The van der Waals surface area contributed by atoms with E-state index in [1.165, 1.54) is 46.0 Å². The Balaban J connectivity index is 0.641. The van der Waals surface area contributed by atoms with Gasteiger partial charge in [0.15, 0.2) is 0 Å². The number of likely N-dealkylation sites (tertiary alicyclic amines) is 1. The highest BCUT2D eigenvalue weighted by atomic mass is 35.5. The van der Waals surface area contributed by atoms with Gasteiger partial charge in [-0.15, -0.1) is 0 Å². The third kappa shape index (κ3) is 14.9. The summed E-state index contributed by atoms with van der Waals surface area (Å²) in [6, 6.07) is 25.1. The van der Waals surface area contributed by atoms with E-state index in [4.69, 9.17) is 25.8 Å². The molecule has 21 nitrogen and oxygen atoms in total. The molecule has 3 saturated heterocycles. The summed E-state index contributed by atoms with van der Waals surface area (Å²) < 4.78 is 47.9. The molecule has 0 radical (unpaired) electrons. The van der Waals surface area contributed by atoms with Crippen molar-refractivity contribution < 1.29 is 46.7 Å². The van der Waals surface area contributed by atoms with Crippen LogP contribution in [0.5, 0.6) is 11.5 Å². The van der Waals surface area contributed by atoms with Gasteiger partial charge in [-0.05, 0) is 140 Å². The van der Waals surface area contributed by atoms with E-state index in [1.54, 1.807) is 30.5 Å². The second kappa shape index (κ2) is 27.1. The van der Waals surface area contributed by atoms with Crippen molar-refractivity contribution in [2.24, 2.45) is 11.3 Å². The van der Waals surface area contributed by atoms with Crippen molar-refractivity contribution in [1.29, 1.82) is 0 Å². The minimum absolute atomic E-state index is 0.0588. The molecule has 4 amide bonds. The second-order valence-corrected chi connectivity index (χ2v) is 26.0. The van der Waals surface area contributed by atoms with E-state index in [0.29, 0.717) is 74.9 Å². The SMILES string of the molecule is CC1(C)CCC(CN2CCN(c3ccc(C(=O)NS(=O)(=O)c4ccc(NCC5CCN(CCOCCOCC#Cc6ccc7c(c6)C(=O)N(C6CCC(=O)NC6=O)C7)CC5)c([N+](=O)[O-])c4)c(Oc4cnc5[nH]ccc5c4)c3)CC2)=C(c2ccc(Cl)cc2)C1. The predicted octanol–water partition coefficient (Wildman–Crippen LogP) is 8.79. The average Bonchev–Trinajstić information content (AvgIpc) is 2.88. The molecular weight excluding hydrogens is 1160 g/mol. The first kappa shape index (κ1) is 61.5. The number of aromatic nitrogens is 2. The Hall–Kier alpha value is -8.17. The van der Waals surface area contributed by atoms with Crippen molar-refractivity contribution in [3.8, 4) is 23.3 Å². The van der Waals surface area contributed by atoms with Crippen LogP contribution >= 0.6 is 11.6 Å². The minimum Gasteiger partial charge on any atom is -0.455 e. The summed E-state index contributed by atoms with van der Waals surface area (Å²) in [5, 5.41) is 19.4. The maximum Gasteiger partial charge on any atom is 0.293 e. The average molecular weight is 1240 g/mol. The fourth-order valence-corrected chi connectivity index (χ4v) is 13.3. The molecule has 1 atom stereocenters. The van der Waals surface area contributed by atoms with Crippen LogP contribution in [0, 0.1) is 33.3 Å². The quantitative estimate of drug-likeness (QED) is 0.0173. The third-order valence-electron chi connectivity index (χ3n) is 17.2. The number of rotatable bonds is 21. The number of carbonyl (C=O) groups is 4. The molecule has 0 spiro atoms. The number of imide groups is 1. The molecule has 4 N–H and O–H groups in total. The summed E-state index contributed by atoms with van der Waals surface area (Å²) in [5.41, 5.74) is 7.34. The maximum atomic E-state index is 14.1. The van der Waals surface area contributed by atoms with Crippen LogP contribution in [0.3, 0.4) is 0 Å². The van der Waals surface area contributed by atoms with Crippen molar-refractivity contribution in [3.05, 3.63) is 152 Å². The van der Waals surface area contributed by atoms with Crippen LogP contribution < -0.4 is 25.0 Å². The fraction of sp³-hybridized carbons (Fsp3) is 0.400. The second-order valence-electron chi connectivity index (χ2n) is 23.8. The molecule has 460 valence electrons. The van der Waals surface area contributed by atoms with E-state index in [1.807, 2.05) is 30.3 Å². The van der Waals surface area contributed by atoms with Crippen LogP contribution in [0.25, 0.3) is 16.6 Å². The molecular formula is C65H71ClN10O11S. The smallest absolute Gasteiger partial charge is 0.293 e. The number of nitro groups is 1. The van der Waals surface area contributed by atoms with Gasteiger partial charge in [0.25, 0.3) is 27.5 Å². The fourth-order valence-electron chi connectivity index (χ4n) is 12.2. The van der Waals surface area contributed by atoms with Gasteiger partial charge in [-0.3, -0.25) is 39.5 Å². The lowest BCUT2D eigenvalue weighted by atomic mass is 9.72. The Morgan fingerprint density at radius 3 is 2.47 bits per heavy atom. The number of nitro benzene ring substituents is 1. The normalized spacial score (nSPS) is 18.4. The van der Waals surface area contributed by atoms with Gasteiger partial charge in [-0.25, -0.2) is 18.1 Å². The number of halogens is 1. The van der Waals surface area contributed by atoms with E-state index in [9.17, 15) is 37.7 Å². The number of benzene rings is 4. The summed E-state index contributed by atoms with van der Waals surface area (Å²) in [6.45, 7) is 13.0. The number of anilines is 2. The molecule has 6 aromatic rings. The minimum atomic E-state index is -4.63. The summed E-state index contributed by atoms with van der Waals surface area (Å²) in [7, 11) is -4.63. The number of piperazine rings is 1. The summed E-state index contributed by atoms with van der Waals surface area (Å²) in [5.74, 6) is 4.65. The first-order valence-corrected chi connectivity index (χ1v) is 31.7. The number of pyridine rings is 1. The number of fused-ring (bicyclic) bond motifs is 2. The first-order chi connectivity index (χ1) is 42.4. The number of H-pyrrole nitrogens is 1. The number of hydrogen-bond donors (Lipinski definition) is 4. The zero-order valence-corrected chi connectivity index (χ0v) is 50.9. The number of carbonyl (C=O) groups excluding carboxylic acids is 4. The summed E-state index contributed by atoms with van der Waals surface area (Å²) in [6.07, 6.45) is 8.59. The van der Waals surface area contributed by atoms with E-state index < -0.39 is 43.4 Å². The number of nitrogens with one attached hydrogen (secondary N) is 4. The van der Waals surface area contributed by atoms with Crippen LogP contribution in [-0.4, -0.2) is 153 Å². The highest BCUT2D eigenvalue weighted by Crippen LogP contribution is 2.44. The van der Waals surface area contributed by atoms with E-state index in [0.717, 1.165) is 99.1 Å². The highest BCUT2D eigenvalue weighted by molar-refractivity contribution is 7.90. The standard InChI is InChI=1S/C65H71ClN10O11S/c1-65(2)21-17-48(55(38-65)45-7-9-49(66)10-8-45)41-73-25-27-74(28-26-73)50-11-13-53(59(36-50)87-51-35-46-18-22-67-61(46)69-40-51)62(78)71-88(83,84)52-12-14-56(58(37-52)76(81)82)68-39-44-19-23-72(24-20-44)29-31-86-33-32-85-30-3-4-43-5-6-47-42-75(64(80)54(47)34-43)57-15-16-60(77)70-63(57)79/h5-14,18,22,34-37,40,44,57,68H,15-17,19-21,23-33,38-39,41-42H2,1-2H3,(H,67,69)(H,71,78)(H,70,77,79). The van der Waals surface area contributed by atoms with Gasteiger partial charge >= 0.3 is 0 Å². The zero-order valence-electron chi connectivity index (χ0n) is 49.3. The van der Waals surface area contributed by atoms with Crippen LogP contribution in [0.4, 0.5) is 17.1 Å². The zero-order chi connectivity index (χ0) is 61.5. The molecule has 1 unspecified atom stereocenters. The molecule has 6 heterocycles. The number of allylic oxidation sites excluding steroid dienone is 1. The monoisotopic (exact) mass is 1230 g/mol. The Kier molecular flexibility index (Phi) is 18.9. The molecule has 0 saturated carbocycles. The van der Waals surface area contributed by atoms with Gasteiger partial charge in [0.05, 0.1) is 41.4 Å². The Labute approximate surface area is 516 Å². The lowest BCUT2D eigenvalue weighted by Gasteiger charge is -2.39. The first-order valence-electron chi connectivity index (χ1n) is 29.8. The lowest BCUT2D eigenvalue weighted by molar-refractivity contribution is -0.384. The number of ether oxygens (including phenoxy) is 3. The largest absolute Gasteiger partial charge is 0.455 e. The Morgan fingerprint density at radius 1 is 0.886 bits per heavy atom. The van der Waals surface area contributed by atoms with Crippen molar-refractivity contribution in [3.63, 3.8) is 0 Å². The predicted molar refractivity (Wildman–Crippen MR) is 334 cm³/mol. The van der Waals surface area contributed by atoms with Gasteiger partial charge in [-0.2, -0.15) is 0 Å². The number of aromatic amines is 1. The van der Waals surface area contributed by atoms with Crippen molar-refractivity contribution in [2.45, 2.75) is 76.3 Å². The number of sulfonamides is 1. The van der Waals surface area contributed by atoms with Crippen LogP contribution in [0.1, 0.15) is 96.2 Å². The number of hydrogen-bond acceptors (Lipinski definition) is 16. The molecule has 1 aliphatic carbocycles. The molecule has 4 aromatic carbocycles. The molecule has 5 aliphatic rings. The van der Waals surface area contributed by atoms with Gasteiger partial charge in [0, 0.05) is 104 Å². The number of piperidine rings is 2. The van der Waals surface area contributed by atoms with Crippen molar-refractivity contribution in [2.75, 3.05) is 95.5 Å². The lowest BCUT2D eigenvalue weighted by Crippen LogP contribution is -2.52. The summed E-state index contributed by atoms with van der Waals surface area (Å²) >= 11 is 6.27. The molecule has 4 aliphatic heterocycles. The Bertz CT molecular complexity index is 3850. The van der Waals surface area contributed by atoms with Crippen molar-refractivity contribution in [1.82, 2.24) is 34.7 Å². The third-order valence-corrected chi connectivity index (χ3v) is 18.8. The Morgan fingerprint density at radius 2 is 1.68 bits per heavy atom. The van der Waals surface area contributed by atoms with E-state index >= 15 is 0 Å². The topological polar surface area (TPSA) is 251 Å². The molecule has 88 heavy (non-hydrogen) atoms. The van der Waals surface area contributed by atoms with Crippen LogP contribution in [0.15, 0.2) is 114 Å². The molecule has 0 bridgehead atoms. The van der Waals surface area contributed by atoms with Crippen LogP contribution in [-0.2, 0) is 35.6 Å². The van der Waals surface area contributed by atoms with Crippen molar-refractivity contribution >= 4 is 78.9 Å². The van der Waals surface area contributed by atoms with Crippen LogP contribution in [0.2, 0.25) is 5.02 Å². The molecule has 2 aromatic heterocycles. The number of amides is 4. The maximum absolute atomic E-state index is 14.1. The van der Waals surface area contributed by atoms with Gasteiger partial charge in [0.2, 0.25) is 11.8 Å².